The molecule has 302 valence electrons. The highest BCUT2D eigenvalue weighted by atomic mass is 35.5. The number of nitrogens with zero attached hydrogens (tertiary/aromatic N) is 4. The number of carbonyl (C=O) groups excluding carboxylic acids is 3. The molecule has 4 aromatic carbocycles. The summed E-state index contributed by atoms with van der Waals surface area (Å²) in [7, 11) is 1.30. The quantitative estimate of drug-likeness (QED) is 0.137. The summed E-state index contributed by atoms with van der Waals surface area (Å²) < 4.78 is 4.88. The highest BCUT2D eigenvalue weighted by Crippen LogP contribution is 2.38. The highest BCUT2D eigenvalue weighted by molar-refractivity contribution is 7.99. The van der Waals surface area contributed by atoms with Crippen LogP contribution in [0, 0.1) is 0 Å². The number of methoxy groups -OCH3 is 1. The second-order valence-electron chi connectivity index (χ2n) is 15.3. The first-order valence-electron chi connectivity index (χ1n) is 20.0. The largest absolute Gasteiger partial charge is 0.453 e. The van der Waals surface area contributed by atoms with E-state index in [1.54, 1.807) is 11.8 Å². The first-order valence-corrected chi connectivity index (χ1v) is 21.7. The summed E-state index contributed by atoms with van der Waals surface area (Å²) in [4.78, 5) is 57.0. The Hall–Kier alpha value is -5.65. The molecule has 0 spiro atoms. The number of amides is 3. The topological polar surface area (TPSA) is 120 Å². The summed E-state index contributed by atoms with van der Waals surface area (Å²) in [5.41, 5.74) is 8.51. The van der Waals surface area contributed by atoms with Gasteiger partial charge in [0.15, 0.2) is 0 Å². The van der Waals surface area contributed by atoms with E-state index in [-0.39, 0.29) is 35.1 Å². The molecule has 12 heteroatoms. The lowest BCUT2D eigenvalue weighted by Crippen LogP contribution is -2.47. The molecule has 3 aliphatic heterocycles. The third kappa shape index (κ3) is 8.45. The average molecular weight is 827 g/mol. The molecule has 5 aromatic rings. The average Bonchev–Trinajstić information content (AvgIpc) is 4.12. The number of nitrogens with one attached hydrogen (secondary N) is 2. The van der Waals surface area contributed by atoms with Crippen molar-refractivity contribution in [2.24, 2.45) is 4.99 Å². The maximum absolute atomic E-state index is 14.2. The van der Waals surface area contributed by atoms with Crippen LogP contribution in [0.25, 0.3) is 28.0 Å². The zero-order valence-corrected chi connectivity index (χ0v) is 34.9. The third-order valence-electron chi connectivity index (χ3n) is 11.8. The minimum atomic E-state index is -0.870. The number of ether oxygens (including phenoxy) is 1. The number of benzene rings is 4. The van der Waals surface area contributed by atoms with Gasteiger partial charge in [0, 0.05) is 42.2 Å². The van der Waals surface area contributed by atoms with Gasteiger partial charge in [-0.2, -0.15) is 11.8 Å². The first kappa shape index (κ1) is 40.1. The fourth-order valence-corrected chi connectivity index (χ4v) is 9.43. The minimum Gasteiger partial charge on any atom is -0.453 e. The Bertz CT molecular complexity index is 2370. The number of rotatable bonds is 11. The van der Waals surface area contributed by atoms with E-state index < -0.39 is 12.1 Å². The number of aromatic amines is 1. The molecule has 5 atom stereocenters. The van der Waals surface area contributed by atoms with Crippen LogP contribution in [0.15, 0.2) is 120 Å². The molecule has 4 heterocycles. The van der Waals surface area contributed by atoms with E-state index >= 15 is 0 Å². The lowest BCUT2D eigenvalue weighted by molar-refractivity contribution is -0.134. The van der Waals surface area contributed by atoms with Gasteiger partial charge in [-0.15, -0.1) is 0 Å². The fraction of sp³-hybridized carbons (Fsp3) is 0.298. The first-order chi connectivity index (χ1) is 28.7. The maximum atomic E-state index is 14.2. The van der Waals surface area contributed by atoms with Crippen LogP contribution in [0.1, 0.15) is 73.1 Å². The van der Waals surface area contributed by atoms with Crippen molar-refractivity contribution in [2.45, 2.75) is 61.9 Å². The third-order valence-corrected chi connectivity index (χ3v) is 13.1. The molecule has 0 radical (unpaired) electrons. The summed E-state index contributed by atoms with van der Waals surface area (Å²) >= 11 is 8.50. The SMILES string of the molecule is COC(=O)N[C@@H](C(=O)N1C[C@@H](SC)C[C@H]1C1=NC=C(c2ccc(-c3ccc(-c4nc([C@@H]5CCCN5C(=O)[C@@H](C)c5ccccc5)[nH]c4Cl)cc3)cc2)C1)c1ccccc1. The summed E-state index contributed by atoms with van der Waals surface area (Å²) in [6.45, 7) is 3.23. The number of alkyl carbamates (subject to hydrolysis) is 1. The summed E-state index contributed by atoms with van der Waals surface area (Å²) in [5, 5.41) is 3.47. The molecule has 1 aromatic heterocycles. The molecule has 2 N–H and O–H groups in total. The molecule has 0 bridgehead atoms. The molecule has 3 aliphatic rings. The molecule has 3 amide bonds. The minimum absolute atomic E-state index is 0.0978. The molecule has 0 unspecified atom stereocenters. The number of allylic oxidation sites excluding steroid dienone is 1. The number of imidazole rings is 1. The Labute approximate surface area is 354 Å². The van der Waals surface area contributed by atoms with Gasteiger partial charge in [0.25, 0.3) is 5.91 Å². The van der Waals surface area contributed by atoms with Crippen LogP contribution in [0.3, 0.4) is 0 Å². The van der Waals surface area contributed by atoms with E-state index in [0.717, 1.165) is 58.4 Å². The van der Waals surface area contributed by atoms with Crippen LogP contribution in [-0.4, -0.2) is 81.1 Å². The van der Waals surface area contributed by atoms with Gasteiger partial charge in [-0.1, -0.05) is 121 Å². The summed E-state index contributed by atoms with van der Waals surface area (Å²) in [6, 6.07) is 34.6. The van der Waals surface area contributed by atoms with Gasteiger partial charge in [-0.25, -0.2) is 9.78 Å². The number of likely N-dealkylation sites (tertiary alicyclic amines) is 2. The fourth-order valence-electron chi connectivity index (χ4n) is 8.49. The number of aromatic nitrogens is 2. The molecule has 0 aliphatic carbocycles. The number of aliphatic imine (C=N–C) groups is 1. The second kappa shape index (κ2) is 17.7. The Morgan fingerprint density at radius 1 is 0.831 bits per heavy atom. The van der Waals surface area contributed by atoms with Crippen molar-refractivity contribution in [1.29, 1.82) is 0 Å². The summed E-state index contributed by atoms with van der Waals surface area (Å²) in [6.07, 6.45) is 6.50. The molecule has 0 saturated carbocycles. The molecular weight excluding hydrogens is 780 g/mol. The predicted molar refractivity (Wildman–Crippen MR) is 235 cm³/mol. The van der Waals surface area contributed by atoms with E-state index in [1.165, 1.54) is 7.11 Å². The van der Waals surface area contributed by atoms with Crippen LogP contribution in [0.2, 0.25) is 5.15 Å². The van der Waals surface area contributed by atoms with Crippen LogP contribution in [-0.2, 0) is 14.3 Å². The van der Waals surface area contributed by atoms with Crippen molar-refractivity contribution in [3.63, 3.8) is 0 Å². The van der Waals surface area contributed by atoms with Gasteiger partial charge in [0.2, 0.25) is 5.91 Å². The number of halogens is 1. The van der Waals surface area contributed by atoms with Gasteiger partial charge in [-0.05, 0) is 65.8 Å². The number of hydrogen-bond acceptors (Lipinski definition) is 7. The van der Waals surface area contributed by atoms with Crippen molar-refractivity contribution >= 4 is 52.6 Å². The Morgan fingerprint density at radius 3 is 2.10 bits per heavy atom. The van der Waals surface area contributed by atoms with Gasteiger partial charge >= 0.3 is 6.09 Å². The van der Waals surface area contributed by atoms with Crippen LogP contribution < -0.4 is 5.32 Å². The van der Waals surface area contributed by atoms with E-state index in [0.29, 0.717) is 41.7 Å². The zero-order chi connectivity index (χ0) is 41.0. The molecule has 10 nitrogen and oxygen atoms in total. The normalized spacial score (nSPS) is 19.9. The summed E-state index contributed by atoms with van der Waals surface area (Å²) in [5.74, 6) is 0.397. The standard InChI is InChI=1S/C47H47ClN6O4S/c1-29(30-11-6-4-7-12-30)45(55)53-24-10-15-39(53)44-50-41(43(48)52-44)35-22-20-32(21-23-35)31-16-18-33(19-17-31)36-25-38(49-27-36)40-26-37(59-3)28-54(40)46(56)42(51-47(57)58-2)34-13-8-5-9-14-34/h4-9,11-14,16-23,27,29,37,39-40,42H,10,15,24-26,28H2,1-3H3,(H,50,52)(H,51,57)/t29-,37-,39-,40-,42+/m0/s1. The second-order valence-corrected chi connectivity index (χ2v) is 16.8. The Morgan fingerprint density at radius 2 is 1.46 bits per heavy atom. The van der Waals surface area contributed by atoms with Crippen molar-refractivity contribution in [3.05, 3.63) is 143 Å². The molecule has 2 fully saturated rings. The highest BCUT2D eigenvalue weighted by Gasteiger charge is 2.42. The number of thioether (sulfide) groups is 1. The van der Waals surface area contributed by atoms with Crippen LogP contribution in [0.5, 0.6) is 0 Å². The number of H-pyrrole nitrogens is 1. The smallest absolute Gasteiger partial charge is 0.407 e. The van der Waals surface area contributed by atoms with Crippen molar-refractivity contribution in [3.8, 4) is 22.4 Å². The van der Waals surface area contributed by atoms with E-state index in [4.69, 9.17) is 26.3 Å². The predicted octanol–water partition coefficient (Wildman–Crippen LogP) is 9.48. The molecule has 2 saturated heterocycles. The molecular formula is C47H47ClN6O4S. The lowest BCUT2D eigenvalue weighted by atomic mass is 9.96. The molecule has 8 rings (SSSR count). The Balaban J connectivity index is 0.923. The van der Waals surface area contributed by atoms with E-state index in [1.807, 2.05) is 95.7 Å². The molecule has 59 heavy (non-hydrogen) atoms. The number of hydrogen-bond donors (Lipinski definition) is 2. The van der Waals surface area contributed by atoms with Gasteiger partial charge in [0.1, 0.15) is 22.7 Å². The van der Waals surface area contributed by atoms with E-state index in [2.05, 4.69) is 53.0 Å². The van der Waals surface area contributed by atoms with Crippen molar-refractivity contribution in [1.82, 2.24) is 25.1 Å². The lowest BCUT2D eigenvalue weighted by Gasteiger charge is -2.29. The van der Waals surface area contributed by atoms with Gasteiger partial charge in [-0.3, -0.25) is 14.6 Å². The van der Waals surface area contributed by atoms with Crippen LogP contribution in [0.4, 0.5) is 4.79 Å². The maximum Gasteiger partial charge on any atom is 0.407 e. The Kier molecular flexibility index (Phi) is 12.0. The van der Waals surface area contributed by atoms with Crippen molar-refractivity contribution in [2.75, 3.05) is 26.5 Å². The number of carbonyl (C=O) groups is 3. The van der Waals surface area contributed by atoms with Crippen molar-refractivity contribution < 1.29 is 19.1 Å². The monoisotopic (exact) mass is 826 g/mol. The van der Waals surface area contributed by atoms with Gasteiger partial charge in [0.05, 0.1) is 25.1 Å². The van der Waals surface area contributed by atoms with E-state index in [9.17, 15) is 14.4 Å². The van der Waals surface area contributed by atoms with Crippen LogP contribution >= 0.6 is 23.4 Å². The van der Waals surface area contributed by atoms with Gasteiger partial charge < -0.3 is 24.8 Å². The zero-order valence-electron chi connectivity index (χ0n) is 33.3.